The van der Waals surface area contributed by atoms with Crippen LogP contribution in [-0.2, 0) is 6.42 Å². The molecule has 0 fully saturated rings. The highest BCUT2D eigenvalue weighted by Crippen LogP contribution is 2.35. The summed E-state index contributed by atoms with van der Waals surface area (Å²) in [6.45, 7) is 0. The molecule has 0 amide bonds. The molecular formula is C28H30N2. The molecule has 4 aliphatic rings. The minimum atomic E-state index is 0.173. The van der Waals surface area contributed by atoms with Crippen LogP contribution in [0.3, 0.4) is 0 Å². The number of nitrogens with two attached hydrogens (primary N) is 1. The van der Waals surface area contributed by atoms with E-state index < -0.39 is 0 Å². The molecule has 2 nitrogen and oxygen atoms in total. The van der Waals surface area contributed by atoms with Gasteiger partial charge in [-0.25, -0.2) is 0 Å². The molecule has 1 aromatic rings. The lowest BCUT2D eigenvalue weighted by molar-refractivity contribution is 0.736. The van der Waals surface area contributed by atoms with Gasteiger partial charge in [0.1, 0.15) is 0 Å². The fourth-order valence-electron chi connectivity index (χ4n) is 4.76. The Bertz CT molecular complexity index is 1030. The van der Waals surface area contributed by atoms with E-state index in [-0.39, 0.29) is 6.04 Å². The molecule has 5 rings (SSSR count). The summed E-state index contributed by atoms with van der Waals surface area (Å²) in [5.74, 6) is 0.450. The van der Waals surface area contributed by atoms with Crippen LogP contribution in [0.15, 0.2) is 95.9 Å². The second-order valence-electron chi connectivity index (χ2n) is 8.58. The van der Waals surface area contributed by atoms with E-state index in [1.165, 1.54) is 33.8 Å². The molecule has 2 unspecified atom stereocenters. The maximum atomic E-state index is 6.00. The van der Waals surface area contributed by atoms with Crippen LogP contribution < -0.4 is 10.6 Å². The predicted octanol–water partition coefficient (Wildman–Crippen LogP) is 6.36. The van der Waals surface area contributed by atoms with E-state index in [2.05, 4.69) is 89.9 Å². The van der Waals surface area contributed by atoms with E-state index in [0.717, 1.165) is 38.5 Å². The molecule has 152 valence electrons. The van der Waals surface area contributed by atoms with Crippen LogP contribution in [0, 0.1) is 5.92 Å². The summed E-state index contributed by atoms with van der Waals surface area (Å²) in [5.41, 5.74) is 14.1. The third-order valence-corrected chi connectivity index (χ3v) is 6.47. The van der Waals surface area contributed by atoms with Crippen LogP contribution in [0.1, 0.15) is 43.2 Å². The topological polar surface area (TPSA) is 29.3 Å². The Hall–Kier alpha value is -2.84. The molecule has 0 aliphatic heterocycles. The number of hydrogen-bond donors (Lipinski definition) is 1. The highest BCUT2D eigenvalue weighted by Gasteiger charge is 2.21. The predicted molar refractivity (Wildman–Crippen MR) is 128 cm³/mol. The number of fused-ring (bicyclic) bond motifs is 1. The van der Waals surface area contributed by atoms with Gasteiger partial charge in [0.05, 0.1) is 0 Å². The highest BCUT2D eigenvalue weighted by atomic mass is 15.2. The Morgan fingerprint density at radius 3 is 2.60 bits per heavy atom. The van der Waals surface area contributed by atoms with Crippen molar-refractivity contribution in [1.82, 2.24) is 0 Å². The number of hydrogen-bond acceptors (Lipinski definition) is 2. The smallest absolute Gasteiger partial charge is 0.0464 e. The molecular weight excluding hydrogens is 364 g/mol. The van der Waals surface area contributed by atoms with Crippen LogP contribution in [0.2, 0.25) is 0 Å². The molecule has 2 atom stereocenters. The minimum Gasteiger partial charge on any atom is -0.324 e. The Kier molecular flexibility index (Phi) is 5.42. The minimum absolute atomic E-state index is 0.173. The van der Waals surface area contributed by atoms with Crippen molar-refractivity contribution in [3.8, 4) is 0 Å². The largest absolute Gasteiger partial charge is 0.324 e. The molecule has 2 heteroatoms. The Labute approximate surface area is 180 Å². The summed E-state index contributed by atoms with van der Waals surface area (Å²) in [7, 11) is 0. The van der Waals surface area contributed by atoms with Gasteiger partial charge in [0.25, 0.3) is 0 Å². The Balaban J connectivity index is 1.45. The first-order valence-corrected chi connectivity index (χ1v) is 11.3. The van der Waals surface area contributed by atoms with Gasteiger partial charge < -0.3 is 10.6 Å². The Morgan fingerprint density at radius 2 is 1.83 bits per heavy atom. The monoisotopic (exact) mass is 394 g/mol. The molecule has 30 heavy (non-hydrogen) atoms. The van der Waals surface area contributed by atoms with Gasteiger partial charge in [-0.3, -0.25) is 0 Å². The molecule has 0 spiro atoms. The Morgan fingerprint density at radius 1 is 0.900 bits per heavy atom. The fraction of sp³-hybridized carbons (Fsp3) is 0.286. The van der Waals surface area contributed by atoms with Crippen LogP contribution in [-0.4, -0.2) is 6.04 Å². The second kappa shape index (κ2) is 8.49. The van der Waals surface area contributed by atoms with Gasteiger partial charge in [-0.05, 0) is 79.5 Å². The molecule has 0 saturated carbocycles. The van der Waals surface area contributed by atoms with Crippen molar-refractivity contribution < 1.29 is 0 Å². The first kappa shape index (κ1) is 19.1. The van der Waals surface area contributed by atoms with Gasteiger partial charge in [0, 0.05) is 29.0 Å². The highest BCUT2D eigenvalue weighted by molar-refractivity contribution is 5.68. The fourth-order valence-corrected chi connectivity index (χ4v) is 4.76. The van der Waals surface area contributed by atoms with Gasteiger partial charge in [0.2, 0.25) is 0 Å². The summed E-state index contributed by atoms with van der Waals surface area (Å²) in [5, 5.41) is 0. The normalized spacial score (nSPS) is 24.8. The zero-order chi connectivity index (χ0) is 20.3. The van der Waals surface area contributed by atoms with E-state index in [1.54, 1.807) is 0 Å². The van der Waals surface area contributed by atoms with Crippen LogP contribution in [0.25, 0.3) is 6.08 Å². The zero-order valence-corrected chi connectivity index (χ0v) is 17.5. The van der Waals surface area contributed by atoms with Crippen molar-refractivity contribution in [3.63, 3.8) is 0 Å². The average molecular weight is 395 g/mol. The number of anilines is 1. The van der Waals surface area contributed by atoms with Gasteiger partial charge >= 0.3 is 0 Å². The molecule has 0 aromatic heterocycles. The number of allylic oxidation sites excluding steroid dienone is 10. The first-order chi connectivity index (χ1) is 14.8. The van der Waals surface area contributed by atoms with Gasteiger partial charge in [0.15, 0.2) is 0 Å². The average Bonchev–Trinajstić information content (AvgIpc) is 2.81. The van der Waals surface area contributed by atoms with Crippen molar-refractivity contribution in [3.05, 3.63) is 107 Å². The molecule has 0 saturated heterocycles. The van der Waals surface area contributed by atoms with Crippen molar-refractivity contribution in [2.24, 2.45) is 11.7 Å². The molecule has 0 bridgehead atoms. The van der Waals surface area contributed by atoms with Crippen molar-refractivity contribution >= 4 is 11.8 Å². The summed E-state index contributed by atoms with van der Waals surface area (Å²) < 4.78 is 0. The lowest BCUT2D eigenvalue weighted by atomic mass is 9.87. The van der Waals surface area contributed by atoms with E-state index in [1.807, 2.05) is 0 Å². The molecule has 4 aliphatic carbocycles. The summed E-state index contributed by atoms with van der Waals surface area (Å²) in [4.78, 5) is 2.46. The number of benzene rings is 1. The lowest BCUT2D eigenvalue weighted by Gasteiger charge is -2.32. The third kappa shape index (κ3) is 3.93. The SMILES string of the molecule is NC1C=CC(C2C=CC(N(C3=CC=CCC3)c3ccc4c(c3)C=CCC4)=CC2)=CC1. The summed E-state index contributed by atoms with van der Waals surface area (Å²) in [6.07, 6.45) is 31.5. The summed E-state index contributed by atoms with van der Waals surface area (Å²) in [6, 6.07) is 7.15. The van der Waals surface area contributed by atoms with Crippen molar-refractivity contribution in [1.29, 1.82) is 0 Å². The van der Waals surface area contributed by atoms with Crippen LogP contribution in [0.4, 0.5) is 5.69 Å². The quantitative estimate of drug-likeness (QED) is 0.644. The standard InChI is InChI=1S/C28H30N2/c29-25-15-10-22(11-16-25)23-12-17-27(18-13-23)30(26-8-2-1-3-9-26)28-19-14-21-6-4-5-7-24(21)20-28/h1-2,5,7-8,10-12,14-15,17-20,23,25H,3-4,6,9,13,16,29H2. The van der Waals surface area contributed by atoms with Crippen molar-refractivity contribution in [2.75, 3.05) is 4.90 Å². The van der Waals surface area contributed by atoms with Crippen LogP contribution in [0.5, 0.6) is 0 Å². The second-order valence-corrected chi connectivity index (χ2v) is 8.58. The molecule has 2 N–H and O–H groups in total. The van der Waals surface area contributed by atoms with Crippen LogP contribution >= 0.6 is 0 Å². The lowest BCUT2D eigenvalue weighted by Crippen LogP contribution is -2.24. The first-order valence-electron chi connectivity index (χ1n) is 11.3. The molecule has 0 heterocycles. The zero-order valence-electron chi connectivity index (χ0n) is 17.5. The maximum absolute atomic E-state index is 6.00. The molecule has 0 radical (unpaired) electrons. The van der Waals surface area contributed by atoms with E-state index in [9.17, 15) is 0 Å². The summed E-state index contributed by atoms with van der Waals surface area (Å²) >= 11 is 0. The van der Waals surface area contributed by atoms with Gasteiger partial charge in [-0.2, -0.15) is 0 Å². The van der Waals surface area contributed by atoms with E-state index in [0.29, 0.717) is 5.92 Å². The van der Waals surface area contributed by atoms with E-state index >= 15 is 0 Å². The van der Waals surface area contributed by atoms with E-state index in [4.69, 9.17) is 5.73 Å². The number of nitrogens with zero attached hydrogens (tertiary/aromatic N) is 1. The van der Waals surface area contributed by atoms with Gasteiger partial charge in [-0.1, -0.05) is 60.8 Å². The number of aryl methyl sites for hydroxylation is 1. The maximum Gasteiger partial charge on any atom is 0.0464 e. The van der Waals surface area contributed by atoms with Gasteiger partial charge in [-0.15, -0.1) is 0 Å². The molecule has 1 aromatic carbocycles. The van der Waals surface area contributed by atoms with Crippen molar-refractivity contribution in [2.45, 2.75) is 44.6 Å². The number of rotatable bonds is 4. The third-order valence-electron chi connectivity index (χ3n) is 6.47.